The van der Waals surface area contributed by atoms with Crippen LogP contribution >= 0.6 is 0 Å². The minimum Gasteiger partial charge on any atom is -0.395 e. The maximum absolute atomic E-state index is 15.0. The summed E-state index contributed by atoms with van der Waals surface area (Å²) in [5.74, 6) is -0.296. The molecule has 0 spiro atoms. The topological polar surface area (TPSA) is 133 Å². The van der Waals surface area contributed by atoms with Crippen LogP contribution in [0.4, 0.5) is 10.2 Å². The smallest absolute Gasteiger partial charge is 0.255 e. The first kappa shape index (κ1) is 45.2. The molecule has 4 fully saturated rings. The highest BCUT2D eigenvalue weighted by molar-refractivity contribution is 6.05. The van der Waals surface area contributed by atoms with E-state index in [1.807, 2.05) is 10.6 Å². The maximum atomic E-state index is 15.0. The van der Waals surface area contributed by atoms with Crippen molar-refractivity contribution in [1.82, 2.24) is 44.4 Å². The zero-order chi connectivity index (χ0) is 46.0. The minimum absolute atomic E-state index is 0.158. The molecule has 5 aromatic rings. The lowest BCUT2D eigenvalue weighted by Gasteiger charge is -2.37. The van der Waals surface area contributed by atoms with Crippen molar-refractivity contribution < 1.29 is 23.9 Å². The van der Waals surface area contributed by atoms with Gasteiger partial charge in [-0.15, -0.1) is 0 Å². The first-order valence-corrected chi connectivity index (χ1v) is 24.5. The van der Waals surface area contributed by atoms with E-state index in [1.165, 1.54) is 16.5 Å². The quantitative estimate of drug-likeness (QED) is 0.149. The zero-order valence-electron chi connectivity index (χ0n) is 38.7. The molecule has 2 aromatic heterocycles. The van der Waals surface area contributed by atoms with Gasteiger partial charge in [-0.1, -0.05) is 48.5 Å². The van der Waals surface area contributed by atoms with Gasteiger partial charge < -0.3 is 24.7 Å². The van der Waals surface area contributed by atoms with Crippen molar-refractivity contribution in [3.8, 4) is 22.4 Å². The zero-order valence-corrected chi connectivity index (χ0v) is 38.7. The minimum atomic E-state index is -0.708. The maximum Gasteiger partial charge on any atom is 0.255 e. The van der Waals surface area contributed by atoms with E-state index in [9.17, 15) is 23.9 Å². The predicted molar refractivity (Wildman–Crippen MR) is 256 cm³/mol. The van der Waals surface area contributed by atoms with E-state index in [1.54, 1.807) is 6.07 Å². The second kappa shape index (κ2) is 19.9. The summed E-state index contributed by atoms with van der Waals surface area (Å²) < 4.78 is 17.0. The number of aliphatic hydroxyl groups is 1. The Bertz CT molecular complexity index is 2600. The van der Waals surface area contributed by atoms with Crippen LogP contribution in [0.2, 0.25) is 0 Å². The van der Waals surface area contributed by atoms with Crippen molar-refractivity contribution in [3.63, 3.8) is 0 Å². The number of likely N-dealkylation sites (tertiary alicyclic amines) is 1. The van der Waals surface area contributed by atoms with Crippen LogP contribution in [0.5, 0.6) is 0 Å². The van der Waals surface area contributed by atoms with E-state index in [0.29, 0.717) is 18.5 Å². The summed E-state index contributed by atoms with van der Waals surface area (Å²) in [6.07, 6.45) is 4.37. The number of rotatable bonds is 14. The molecule has 0 aliphatic carbocycles. The van der Waals surface area contributed by atoms with Gasteiger partial charge in [-0.2, -0.15) is 9.61 Å². The lowest BCUT2D eigenvalue weighted by Crippen LogP contribution is -2.52. The highest BCUT2D eigenvalue weighted by Crippen LogP contribution is 2.38. The number of hydrogen-bond donors (Lipinski definition) is 2. The van der Waals surface area contributed by atoms with Crippen LogP contribution in [0.25, 0.3) is 28.0 Å². The summed E-state index contributed by atoms with van der Waals surface area (Å²) in [6.45, 7) is 15.9. The van der Waals surface area contributed by atoms with Gasteiger partial charge in [0, 0.05) is 108 Å². The third kappa shape index (κ3) is 9.75. The second-order valence-corrected chi connectivity index (χ2v) is 19.1. The number of anilines is 1. The van der Waals surface area contributed by atoms with Gasteiger partial charge in [0.05, 0.1) is 18.0 Å². The molecule has 3 amide bonds. The number of piperidine rings is 2. The molecule has 10 rings (SSSR count). The van der Waals surface area contributed by atoms with E-state index in [2.05, 4.69) is 91.3 Å². The third-order valence-electron chi connectivity index (χ3n) is 15.0. The molecule has 15 heteroatoms. The molecule has 67 heavy (non-hydrogen) atoms. The summed E-state index contributed by atoms with van der Waals surface area (Å²) in [5.41, 5.74) is 9.48. The monoisotopic (exact) mass is 911 g/mol. The van der Waals surface area contributed by atoms with Crippen LogP contribution in [0.3, 0.4) is 0 Å². The Morgan fingerprint density at radius 2 is 1.43 bits per heavy atom. The molecule has 5 aliphatic rings. The number of imide groups is 1. The van der Waals surface area contributed by atoms with Gasteiger partial charge in [0.25, 0.3) is 5.91 Å². The van der Waals surface area contributed by atoms with Crippen LogP contribution in [-0.4, -0.2) is 166 Å². The first-order chi connectivity index (χ1) is 32.7. The number of piperazine rings is 2. The summed E-state index contributed by atoms with van der Waals surface area (Å²) in [4.78, 5) is 57.0. The van der Waals surface area contributed by atoms with E-state index in [0.717, 1.165) is 161 Å². The van der Waals surface area contributed by atoms with Gasteiger partial charge in [0.1, 0.15) is 17.7 Å². The molecule has 1 unspecified atom stereocenters. The lowest BCUT2D eigenvalue weighted by molar-refractivity contribution is -0.136. The summed E-state index contributed by atoms with van der Waals surface area (Å²) >= 11 is 0. The number of aromatic nitrogens is 3. The largest absolute Gasteiger partial charge is 0.395 e. The number of hydrogen-bond acceptors (Lipinski definition) is 11. The van der Waals surface area contributed by atoms with Crippen molar-refractivity contribution in [2.75, 3.05) is 103 Å². The number of benzene rings is 3. The number of nitrogens with zero attached hydrogens (tertiary/aromatic N) is 9. The number of halogens is 1. The molecule has 3 aromatic carbocycles. The SMILES string of the molecule is Cc1nn2c(N3CCN(CCO)CC3)cc(-c3cccc(CCCN4CCN(CCN5CCC(c6cc(F)cc7c6CN(C6CCC(=O)NC6=O)C7=O)CC5)CC4)c3)nc2c1-c1ccccc1. The van der Waals surface area contributed by atoms with Gasteiger partial charge in [-0.05, 0) is 105 Å². The number of aliphatic hydroxyl groups excluding tert-OH is 1. The van der Waals surface area contributed by atoms with Gasteiger partial charge in [-0.25, -0.2) is 9.37 Å². The van der Waals surface area contributed by atoms with Crippen molar-refractivity contribution in [3.05, 3.63) is 107 Å². The molecule has 1 atom stereocenters. The molecule has 0 bridgehead atoms. The van der Waals surface area contributed by atoms with E-state index in [4.69, 9.17) is 10.1 Å². The number of β-amino-alcohol motifs (C(OH)–C–C–N with tert-alkyl or cyclic N) is 1. The Kier molecular flexibility index (Phi) is 13.5. The molecule has 352 valence electrons. The van der Waals surface area contributed by atoms with Gasteiger partial charge in [-0.3, -0.25) is 29.5 Å². The van der Waals surface area contributed by atoms with Crippen LogP contribution < -0.4 is 10.2 Å². The van der Waals surface area contributed by atoms with Crippen LogP contribution in [0.1, 0.15) is 70.8 Å². The Morgan fingerprint density at radius 1 is 0.746 bits per heavy atom. The highest BCUT2D eigenvalue weighted by atomic mass is 19.1. The van der Waals surface area contributed by atoms with Gasteiger partial charge >= 0.3 is 0 Å². The van der Waals surface area contributed by atoms with Crippen molar-refractivity contribution in [1.29, 1.82) is 0 Å². The van der Waals surface area contributed by atoms with E-state index < -0.39 is 17.8 Å². The fraction of sp³-hybridized carbons (Fsp3) is 0.481. The molecule has 2 N–H and O–H groups in total. The number of fused-ring (bicyclic) bond motifs is 2. The summed E-state index contributed by atoms with van der Waals surface area (Å²) in [7, 11) is 0. The number of carbonyl (C=O) groups excluding carboxylic acids is 3. The normalized spacial score (nSPS) is 20.6. The standard InChI is InChI=1S/C52H63FN10O4/c1-36-49(39-9-3-2-4-10-39)50-54-45(34-48(63(50)56-36)61-27-25-60(26-28-61)29-30-64)40-11-5-7-37(31-40)8-6-16-57-19-22-59(23-20-57)24-21-58-17-14-38(15-18-58)42-32-41(53)33-43-44(42)35-62(52(43)67)46-12-13-47(65)55-51(46)66/h2-5,7,9-11,31-34,38,46,64H,6,8,12-30,35H2,1H3,(H,55,65,66). The second-order valence-electron chi connectivity index (χ2n) is 19.1. The van der Waals surface area contributed by atoms with E-state index in [-0.39, 0.29) is 37.3 Å². The first-order valence-electron chi connectivity index (χ1n) is 24.5. The van der Waals surface area contributed by atoms with Gasteiger partial charge in [0.2, 0.25) is 11.8 Å². The summed E-state index contributed by atoms with van der Waals surface area (Å²) in [5, 5.41) is 16.9. The van der Waals surface area contributed by atoms with Crippen molar-refractivity contribution >= 4 is 29.2 Å². The number of nitrogens with one attached hydrogen (secondary N) is 1. The Hall–Kier alpha value is -5.58. The molecule has 7 heterocycles. The molecular formula is C52H63FN10O4. The fourth-order valence-corrected chi connectivity index (χ4v) is 11.2. The third-order valence-corrected chi connectivity index (χ3v) is 15.0. The van der Waals surface area contributed by atoms with E-state index >= 15 is 0 Å². The average Bonchev–Trinajstić information content (AvgIpc) is 3.86. The average molecular weight is 911 g/mol. The Balaban J connectivity index is 0.708. The number of amides is 3. The predicted octanol–water partition coefficient (Wildman–Crippen LogP) is 4.82. The number of carbonyl (C=O) groups is 3. The molecule has 4 saturated heterocycles. The van der Waals surface area contributed by atoms with Crippen LogP contribution in [0.15, 0.2) is 72.8 Å². The lowest BCUT2D eigenvalue weighted by atomic mass is 9.85. The molecular weight excluding hydrogens is 848 g/mol. The molecule has 5 aliphatic heterocycles. The Morgan fingerprint density at radius 3 is 2.16 bits per heavy atom. The molecule has 14 nitrogen and oxygen atoms in total. The fourth-order valence-electron chi connectivity index (χ4n) is 11.2. The Labute approximate surface area is 392 Å². The van der Waals surface area contributed by atoms with Crippen molar-refractivity contribution in [2.24, 2.45) is 0 Å². The van der Waals surface area contributed by atoms with Crippen molar-refractivity contribution in [2.45, 2.75) is 64.0 Å². The van der Waals surface area contributed by atoms with Gasteiger partial charge in [0.15, 0.2) is 5.65 Å². The highest BCUT2D eigenvalue weighted by Gasteiger charge is 2.41. The number of aryl methyl sites for hydroxylation is 2. The molecule has 0 saturated carbocycles. The van der Waals surface area contributed by atoms with Crippen LogP contribution in [-0.2, 0) is 22.6 Å². The summed E-state index contributed by atoms with van der Waals surface area (Å²) in [6, 6.07) is 23.8. The molecule has 0 radical (unpaired) electrons. The van der Waals surface area contributed by atoms with Crippen LogP contribution in [0, 0.1) is 12.7 Å².